The molecule has 0 fully saturated rings. The van der Waals surface area contributed by atoms with Crippen LogP contribution in [-0.2, 0) is 4.79 Å². The Kier molecular flexibility index (Phi) is 6.17. The summed E-state index contributed by atoms with van der Waals surface area (Å²) in [7, 11) is 1.56. The molecule has 0 aliphatic rings. The van der Waals surface area contributed by atoms with Crippen LogP contribution in [0.4, 0.5) is 5.69 Å². The van der Waals surface area contributed by atoms with Gasteiger partial charge in [-0.15, -0.1) is 0 Å². The normalized spacial score (nSPS) is 10.9. The molecule has 6 nitrogen and oxygen atoms in total. The van der Waals surface area contributed by atoms with Gasteiger partial charge in [0.2, 0.25) is 5.91 Å². The summed E-state index contributed by atoms with van der Waals surface area (Å²) in [5, 5.41) is 3.32. The summed E-state index contributed by atoms with van der Waals surface area (Å²) in [4.78, 5) is 31.3. The predicted molar refractivity (Wildman–Crippen MR) is 128 cm³/mol. The second-order valence-electron chi connectivity index (χ2n) is 7.34. The van der Waals surface area contributed by atoms with E-state index < -0.39 is 5.91 Å². The van der Waals surface area contributed by atoms with Crippen LogP contribution >= 0.6 is 23.2 Å². The molecule has 162 valence electrons. The first-order valence-electron chi connectivity index (χ1n) is 9.89. The molecule has 0 saturated carbocycles. The second-order valence-corrected chi connectivity index (χ2v) is 8.15. The molecule has 8 heteroatoms. The molecule has 0 bridgehead atoms. The van der Waals surface area contributed by atoms with Gasteiger partial charge >= 0.3 is 0 Å². The number of fused-ring (bicyclic) bond motifs is 1. The highest BCUT2D eigenvalue weighted by atomic mass is 35.5. The van der Waals surface area contributed by atoms with Crippen LogP contribution in [0.3, 0.4) is 0 Å². The quantitative estimate of drug-likeness (QED) is 0.430. The van der Waals surface area contributed by atoms with E-state index in [0.29, 0.717) is 26.8 Å². The van der Waals surface area contributed by atoms with E-state index in [1.54, 1.807) is 37.4 Å². The zero-order valence-corrected chi connectivity index (χ0v) is 19.0. The number of nitrogens with one attached hydrogen (secondary N) is 1. The molecule has 3 aromatic carbocycles. The Hall–Kier alpha value is -3.35. The Morgan fingerprint density at radius 1 is 1.00 bits per heavy atom. The number of halogens is 2. The second kappa shape index (κ2) is 9.02. The molecule has 0 unspecified atom stereocenters. The fraction of sp³-hybridized carbons (Fsp3) is 0.125. The number of anilines is 1. The lowest BCUT2D eigenvalue weighted by atomic mass is 10.1. The first-order chi connectivity index (χ1) is 15.3. The van der Waals surface area contributed by atoms with E-state index >= 15 is 0 Å². The maximum atomic E-state index is 12.9. The molecule has 1 N–H and O–H groups in total. The highest BCUT2D eigenvalue weighted by molar-refractivity contribution is 6.39. The molecule has 1 heterocycles. The summed E-state index contributed by atoms with van der Waals surface area (Å²) in [6.45, 7) is 1.76. The summed E-state index contributed by atoms with van der Waals surface area (Å²) in [5.41, 5.74) is 3.38. The van der Waals surface area contributed by atoms with Gasteiger partial charge in [-0.25, -0.2) is 4.98 Å². The number of carbonyl (C=O) groups excluding carboxylic acids is 2. The minimum Gasteiger partial charge on any atom is -0.332 e. The number of hydrogen-bond donors (Lipinski definition) is 1. The molecular formula is C24H20Cl2N4O2. The van der Waals surface area contributed by atoms with E-state index in [4.69, 9.17) is 23.2 Å². The number of hydrogen-bond acceptors (Lipinski definition) is 3. The van der Waals surface area contributed by atoms with Crippen LogP contribution in [0.25, 0.3) is 16.7 Å². The van der Waals surface area contributed by atoms with Gasteiger partial charge in [0.05, 0.1) is 33.3 Å². The minimum absolute atomic E-state index is 0.157. The van der Waals surface area contributed by atoms with E-state index in [1.165, 1.54) is 4.90 Å². The molecule has 0 aliphatic heterocycles. The van der Waals surface area contributed by atoms with Gasteiger partial charge in [0, 0.05) is 18.3 Å². The maximum Gasteiger partial charge on any atom is 0.254 e. The number of nitrogens with zero attached hydrogens (tertiary/aromatic N) is 3. The standard InChI is InChI=1S/C24H20Cl2N4O2/c1-15-27-20-13-16(11-12-21(20)30(15)17-7-4-3-5-8-17)24(32)29(2)14-22(31)28-23-18(25)9-6-10-19(23)26/h3-13H,14H2,1-2H3,(H,28,31). The SMILES string of the molecule is Cc1nc2cc(C(=O)N(C)CC(=O)Nc3c(Cl)cccc3Cl)ccc2n1-c1ccccc1. The van der Waals surface area contributed by atoms with Gasteiger partial charge in [-0.3, -0.25) is 14.2 Å². The highest BCUT2D eigenvalue weighted by Gasteiger charge is 2.18. The largest absolute Gasteiger partial charge is 0.332 e. The predicted octanol–water partition coefficient (Wildman–Crippen LogP) is 5.35. The summed E-state index contributed by atoms with van der Waals surface area (Å²) >= 11 is 12.2. The first-order valence-corrected chi connectivity index (χ1v) is 10.6. The molecule has 0 spiro atoms. The van der Waals surface area contributed by atoms with Crippen molar-refractivity contribution in [2.45, 2.75) is 6.92 Å². The number of para-hydroxylation sites is 2. The first kappa shape index (κ1) is 21.9. The summed E-state index contributed by atoms with van der Waals surface area (Å²) in [5.74, 6) is 0.125. The lowest BCUT2D eigenvalue weighted by molar-refractivity contribution is -0.116. The number of imidazole rings is 1. The van der Waals surface area contributed by atoms with E-state index in [2.05, 4.69) is 10.3 Å². The van der Waals surface area contributed by atoms with Gasteiger partial charge in [-0.1, -0.05) is 47.5 Å². The van der Waals surface area contributed by atoms with Crippen molar-refractivity contribution < 1.29 is 9.59 Å². The van der Waals surface area contributed by atoms with Crippen LogP contribution in [0.1, 0.15) is 16.2 Å². The van der Waals surface area contributed by atoms with Crippen molar-refractivity contribution in [3.63, 3.8) is 0 Å². The van der Waals surface area contributed by atoms with E-state index in [1.807, 2.05) is 47.9 Å². The van der Waals surface area contributed by atoms with Crippen LogP contribution in [0.5, 0.6) is 0 Å². The van der Waals surface area contributed by atoms with Gasteiger partial charge < -0.3 is 10.2 Å². The zero-order chi connectivity index (χ0) is 22.8. The van der Waals surface area contributed by atoms with E-state index in [9.17, 15) is 9.59 Å². The lowest BCUT2D eigenvalue weighted by Gasteiger charge is -2.17. The van der Waals surface area contributed by atoms with Gasteiger partial charge in [-0.05, 0) is 49.4 Å². The Morgan fingerprint density at radius 2 is 1.69 bits per heavy atom. The molecule has 4 rings (SSSR count). The Morgan fingerprint density at radius 3 is 2.38 bits per heavy atom. The number of amides is 2. The van der Waals surface area contributed by atoms with Crippen molar-refractivity contribution in [1.82, 2.24) is 14.5 Å². The van der Waals surface area contributed by atoms with Gasteiger partial charge in [0.15, 0.2) is 0 Å². The Balaban J connectivity index is 1.52. The average molecular weight is 467 g/mol. The van der Waals surface area contributed by atoms with Gasteiger partial charge in [0.1, 0.15) is 5.82 Å². The van der Waals surface area contributed by atoms with Crippen molar-refractivity contribution in [3.05, 3.63) is 88.2 Å². The molecule has 4 aromatic rings. The van der Waals surface area contributed by atoms with Crippen molar-refractivity contribution in [1.29, 1.82) is 0 Å². The van der Waals surface area contributed by atoms with Crippen molar-refractivity contribution >= 4 is 51.7 Å². The number of aromatic nitrogens is 2. The number of rotatable bonds is 5. The third-order valence-electron chi connectivity index (χ3n) is 5.04. The van der Waals surface area contributed by atoms with Crippen molar-refractivity contribution in [2.75, 3.05) is 18.9 Å². The molecular weight excluding hydrogens is 447 g/mol. The van der Waals surface area contributed by atoms with Crippen LogP contribution in [0, 0.1) is 6.92 Å². The average Bonchev–Trinajstić information content (AvgIpc) is 3.11. The minimum atomic E-state index is -0.402. The molecule has 0 saturated heterocycles. The van der Waals surface area contributed by atoms with Crippen molar-refractivity contribution in [3.8, 4) is 5.69 Å². The summed E-state index contributed by atoms with van der Waals surface area (Å²) in [6.07, 6.45) is 0. The zero-order valence-electron chi connectivity index (χ0n) is 17.5. The third kappa shape index (κ3) is 4.33. The van der Waals surface area contributed by atoms with Crippen molar-refractivity contribution in [2.24, 2.45) is 0 Å². The topological polar surface area (TPSA) is 67.2 Å². The molecule has 0 radical (unpaired) electrons. The monoisotopic (exact) mass is 466 g/mol. The molecule has 2 amide bonds. The number of aryl methyl sites for hydroxylation is 1. The molecule has 32 heavy (non-hydrogen) atoms. The fourth-order valence-electron chi connectivity index (χ4n) is 3.54. The summed E-state index contributed by atoms with van der Waals surface area (Å²) in [6, 6.07) is 20.2. The Bertz CT molecular complexity index is 1300. The third-order valence-corrected chi connectivity index (χ3v) is 5.67. The van der Waals surface area contributed by atoms with Crippen LogP contribution in [0.2, 0.25) is 10.0 Å². The number of benzene rings is 3. The molecule has 0 atom stereocenters. The smallest absolute Gasteiger partial charge is 0.254 e. The van der Waals surface area contributed by atoms with Crippen LogP contribution < -0.4 is 5.32 Å². The fourth-order valence-corrected chi connectivity index (χ4v) is 4.03. The van der Waals surface area contributed by atoms with Gasteiger partial charge in [0.25, 0.3) is 5.91 Å². The molecule has 1 aromatic heterocycles. The van der Waals surface area contributed by atoms with Crippen LogP contribution in [-0.4, -0.2) is 39.9 Å². The van der Waals surface area contributed by atoms with Gasteiger partial charge in [-0.2, -0.15) is 0 Å². The molecule has 0 aliphatic carbocycles. The maximum absolute atomic E-state index is 12.9. The Labute approximate surface area is 195 Å². The van der Waals surface area contributed by atoms with Crippen LogP contribution in [0.15, 0.2) is 66.7 Å². The number of carbonyl (C=O) groups is 2. The van der Waals surface area contributed by atoms with E-state index in [-0.39, 0.29) is 12.5 Å². The summed E-state index contributed by atoms with van der Waals surface area (Å²) < 4.78 is 2.04. The number of likely N-dealkylation sites (N-methyl/N-ethyl adjacent to an activating group) is 1. The lowest BCUT2D eigenvalue weighted by Crippen LogP contribution is -2.35. The highest BCUT2D eigenvalue weighted by Crippen LogP contribution is 2.29. The van der Waals surface area contributed by atoms with E-state index in [0.717, 1.165) is 17.0 Å².